The molecule has 1 fully saturated rings. The molecule has 4 aromatic rings. The van der Waals surface area contributed by atoms with Gasteiger partial charge >= 0.3 is 0 Å². The van der Waals surface area contributed by atoms with Gasteiger partial charge in [0.1, 0.15) is 29.6 Å². The van der Waals surface area contributed by atoms with Crippen molar-refractivity contribution in [3.8, 4) is 0 Å². The Balaban J connectivity index is 1.22. The fourth-order valence-corrected chi connectivity index (χ4v) is 9.58. The Morgan fingerprint density at radius 2 is 1.65 bits per heavy atom. The van der Waals surface area contributed by atoms with Crippen molar-refractivity contribution in [3.63, 3.8) is 0 Å². The number of amides is 5. The number of aromatic amines is 1. The molecule has 5 rings (SSSR count). The zero-order valence-electron chi connectivity index (χ0n) is 43.5. The Kier molecular flexibility index (Phi) is 21.2. The van der Waals surface area contributed by atoms with Crippen LogP contribution in [0.2, 0.25) is 0 Å². The molecule has 1 aliphatic heterocycles. The Morgan fingerprint density at radius 3 is 2.31 bits per heavy atom. The maximum Gasteiger partial charge on any atom is 0.245 e. The molecule has 5 amide bonds. The minimum absolute atomic E-state index is 0.00964. The minimum Gasteiger partial charge on any atom is -0.379 e. The van der Waals surface area contributed by atoms with Gasteiger partial charge in [-0.2, -0.15) is 0 Å². The fraction of sp³-hybridized carbons (Fsp3) is 0.640. The van der Waals surface area contributed by atoms with Gasteiger partial charge in [-0.1, -0.05) is 90.4 Å². The summed E-state index contributed by atoms with van der Waals surface area (Å²) in [5.41, 5.74) is 2.74. The second-order valence-corrected chi connectivity index (χ2v) is 19.4. The van der Waals surface area contributed by atoms with Crippen LogP contribution >= 0.6 is 0 Å². The highest BCUT2D eigenvalue weighted by atomic mass is 16.5. The molecule has 4 heterocycles. The van der Waals surface area contributed by atoms with Crippen LogP contribution in [-0.2, 0) is 53.0 Å². The number of rotatable bonds is 28. The molecule has 0 aliphatic carbocycles. The van der Waals surface area contributed by atoms with Crippen molar-refractivity contribution >= 4 is 46.5 Å². The number of carbonyl (C=O) groups is 5. The summed E-state index contributed by atoms with van der Waals surface area (Å²) in [5, 5.41) is 23.8. The van der Waals surface area contributed by atoms with Crippen LogP contribution in [-0.4, -0.2) is 158 Å². The monoisotopic (exact) mass is 987 g/mol. The number of benzene rings is 1. The van der Waals surface area contributed by atoms with Crippen molar-refractivity contribution in [2.24, 2.45) is 23.7 Å². The van der Waals surface area contributed by atoms with Gasteiger partial charge in [0, 0.05) is 47.3 Å². The number of nitrogens with zero attached hydrogens (tertiary/aromatic N) is 8. The number of nitrogens with one attached hydrogen (secondary N) is 6. The summed E-state index contributed by atoms with van der Waals surface area (Å²) < 4.78 is 13.8. The fourth-order valence-electron chi connectivity index (χ4n) is 9.58. The van der Waals surface area contributed by atoms with E-state index in [0.717, 1.165) is 5.56 Å². The molecule has 9 atom stereocenters. The van der Waals surface area contributed by atoms with Gasteiger partial charge in [-0.05, 0) is 49.6 Å². The van der Waals surface area contributed by atoms with Gasteiger partial charge in [0.05, 0.1) is 61.7 Å². The highest BCUT2D eigenvalue weighted by Gasteiger charge is 2.43. The number of hydrogen-bond acceptors (Lipinski definition) is 14. The zero-order chi connectivity index (χ0) is 51.8. The van der Waals surface area contributed by atoms with Crippen LogP contribution in [0.15, 0.2) is 49.2 Å². The van der Waals surface area contributed by atoms with E-state index < -0.39 is 54.2 Å². The van der Waals surface area contributed by atoms with Gasteiger partial charge in [-0.15, -0.1) is 5.10 Å². The van der Waals surface area contributed by atoms with Gasteiger partial charge in [-0.3, -0.25) is 28.7 Å². The molecule has 71 heavy (non-hydrogen) atoms. The van der Waals surface area contributed by atoms with Crippen molar-refractivity contribution in [1.29, 1.82) is 0 Å². The molecule has 1 aromatic carbocycles. The molecule has 0 bridgehead atoms. The summed E-state index contributed by atoms with van der Waals surface area (Å²) in [6.45, 7) is 15.2. The topological polar surface area (TPSA) is 256 Å². The second kappa shape index (κ2) is 27.0. The molecule has 2 unspecified atom stereocenters. The first-order chi connectivity index (χ1) is 34.0. The molecule has 390 valence electrons. The smallest absolute Gasteiger partial charge is 0.245 e. The first-order valence-electron chi connectivity index (χ1n) is 25.0. The quantitative estimate of drug-likeness (QED) is 0.0448. The number of likely N-dealkylation sites (N-methyl/N-ethyl adjacent to an activating group) is 2. The minimum atomic E-state index is -0.932. The molecule has 21 heteroatoms. The molecule has 3 aromatic heterocycles. The summed E-state index contributed by atoms with van der Waals surface area (Å²) in [6, 6.07) is 6.33. The van der Waals surface area contributed by atoms with E-state index in [-0.39, 0.29) is 60.8 Å². The summed E-state index contributed by atoms with van der Waals surface area (Å²) in [7, 11) is 6.53. The van der Waals surface area contributed by atoms with E-state index in [4.69, 9.17) is 9.47 Å². The van der Waals surface area contributed by atoms with Crippen LogP contribution in [0.3, 0.4) is 0 Å². The van der Waals surface area contributed by atoms with Gasteiger partial charge in [0.15, 0.2) is 11.5 Å². The lowest BCUT2D eigenvalue weighted by Gasteiger charge is -2.41. The zero-order valence-corrected chi connectivity index (χ0v) is 43.5. The average Bonchev–Trinajstić information content (AvgIpc) is 4.16. The third-order valence-corrected chi connectivity index (χ3v) is 13.8. The van der Waals surface area contributed by atoms with E-state index in [1.807, 2.05) is 71.9 Å². The molecule has 0 spiro atoms. The maximum atomic E-state index is 14.5. The van der Waals surface area contributed by atoms with E-state index in [1.165, 1.54) is 13.4 Å². The third kappa shape index (κ3) is 14.8. The van der Waals surface area contributed by atoms with E-state index >= 15 is 0 Å². The summed E-state index contributed by atoms with van der Waals surface area (Å²) in [4.78, 5) is 89.4. The van der Waals surface area contributed by atoms with Crippen LogP contribution < -0.4 is 26.6 Å². The largest absolute Gasteiger partial charge is 0.379 e. The molecule has 6 N–H and O–H groups in total. The predicted molar refractivity (Wildman–Crippen MR) is 269 cm³/mol. The van der Waals surface area contributed by atoms with Gasteiger partial charge in [0.25, 0.3) is 0 Å². The van der Waals surface area contributed by atoms with Crippen molar-refractivity contribution in [1.82, 2.24) is 66.0 Å². The Bertz CT molecular complexity index is 2330. The van der Waals surface area contributed by atoms with Crippen LogP contribution in [0.5, 0.6) is 0 Å². The first-order valence-corrected chi connectivity index (χ1v) is 25.0. The Labute approximate surface area is 418 Å². The lowest BCUT2D eigenvalue weighted by atomic mass is 9.89. The number of aromatic nitrogens is 7. The number of fused-ring (bicyclic) bond motifs is 1. The van der Waals surface area contributed by atoms with Gasteiger partial charge in [-0.25, -0.2) is 15.0 Å². The number of carbonyl (C=O) groups excluding carboxylic acids is 5. The lowest BCUT2D eigenvalue weighted by Crippen LogP contribution is -2.59. The summed E-state index contributed by atoms with van der Waals surface area (Å²) in [5.74, 6) is -1.85. The molecule has 0 radical (unpaired) electrons. The van der Waals surface area contributed by atoms with E-state index in [2.05, 4.69) is 56.8 Å². The number of likely N-dealkylation sites (tertiary alicyclic amines) is 1. The molecule has 0 saturated carbocycles. The van der Waals surface area contributed by atoms with E-state index in [1.54, 1.807) is 55.1 Å². The summed E-state index contributed by atoms with van der Waals surface area (Å²) in [6.07, 6.45) is 6.40. The Morgan fingerprint density at radius 1 is 0.915 bits per heavy atom. The number of aryl methyl sites for hydroxylation is 1. The summed E-state index contributed by atoms with van der Waals surface area (Å²) >= 11 is 0. The van der Waals surface area contributed by atoms with Crippen molar-refractivity contribution in [3.05, 3.63) is 60.4 Å². The number of methoxy groups -OCH3 is 2. The third-order valence-electron chi connectivity index (χ3n) is 13.8. The number of hydrogen-bond donors (Lipinski definition) is 6. The van der Waals surface area contributed by atoms with Crippen LogP contribution in [0.1, 0.15) is 91.8 Å². The van der Waals surface area contributed by atoms with Gasteiger partial charge in [0.2, 0.25) is 29.5 Å². The van der Waals surface area contributed by atoms with Gasteiger partial charge < -0.3 is 50.8 Å². The van der Waals surface area contributed by atoms with Crippen molar-refractivity contribution in [2.45, 2.75) is 142 Å². The van der Waals surface area contributed by atoms with Crippen LogP contribution in [0, 0.1) is 23.7 Å². The molecule has 1 saturated heterocycles. The van der Waals surface area contributed by atoms with E-state index in [0.29, 0.717) is 68.0 Å². The molecule has 21 nitrogen and oxygen atoms in total. The molecular formula is C50H78N14O7. The lowest BCUT2D eigenvalue weighted by molar-refractivity contribution is -0.148. The predicted octanol–water partition coefficient (Wildman–Crippen LogP) is 3.10. The highest BCUT2D eigenvalue weighted by Crippen LogP contribution is 2.30. The standard InChI is InChI=1S/C50H78N14O7/c1-12-32(6)43(62(9)50(69)41(31(4)5)59-49(68)40(51-8)30(2)3)38(70-10)25-39(65)64-23-16-20-37(64)44(71-11)33(7)47(66)58-36(24-34-18-14-13-15-19-34)48(67)53-26-35-27-63(61-60-35)22-17-21-52-45-42-46(55-28-54-42)57-29-56-45/h13-15,18-19,27-33,36-38,40-41,43-44,51H,12,16-17,20-26H2,1-11H3,(H,53,67)(H,58,66)(H,59,68)(H2,52,54,55,56,57)/t32-,33+,36-,37-,38+,40?,41-,43?,44+/m0/s1. The molecular weight excluding hydrogens is 909 g/mol. The maximum absolute atomic E-state index is 14.5. The van der Waals surface area contributed by atoms with Crippen molar-refractivity contribution in [2.75, 3.05) is 46.7 Å². The van der Waals surface area contributed by atoms with E-state index in [9.17, 15) is 24.0 Å². The second-order valence-electron chi connectivity index (χ2n) is 19.4. The SMILES string of the molecule is CC[C@H](C)C([C@@H](CC(=O)N1CCC[C@H]1[C@H](OC)[C@@H](C)C(=O)N[C@@H](Cc1ccccc1)C(=O)NCc1cn(CCCNc2ncnc3[nH]cnc23)nn1)OC)N(C)C(=O)[C@@H](NC(=O)C(NC)C(C)C)C(C)C. The van der Waals surface area contributed by atoms with Crippen LogP contribution in [0.4, 0.5) is 5.82 Å². The van der Waals surface area contributed by atoms with Crippen molar-refractivity contribution < 1.29 is 33.4 Å². The first kappa shape index (κ1) is 55.9. The number of imidazole rings is 1. The van der Waals surface area contributed by atoms with Crippen LogP contribution in [0.25, 0.3) is 11.2 Å². The highest BCUT2D eigenvalue weighted by molar-refractivity contribution is 5.91. The molecule has 1 aliphatic rings. The average molecular weight is 987 g/mol. The normalized spacial score (nSPS) is 17.3. The number of anilines is 1. The Hall–Kier alpha value is -6.06. The number of ether oxygens (including phenoxy) is 2. The number of H-pyrrole nitrogens is 1.